The van der Waals surface area contributed by atoms with Crippen molar-refractivity contribution in [1.82, 2.24) is 5.32 Å². The van der Waals surface area contributed by atoms with E-state index in [1.807, 2.05) is 6.92 Å². The van der Waals surface area contributed by atoms with Crippen LogP contribution >= 0.6 is 0 Å². The smallest absolute Gasteiger partial charge is 0.410 e. The van der Waals surface area contributed by atoms with Gasteiger partial charge in [-0.1, -0.05) is 40.0 Å². The molecule has 0 bridgehead atoms. The molecule has 7 heteroatoms. The lowest BCUT2D eigenvalue weighted by Gasteiger charge is -2.36. The molecule has 7 nitrogen and oxygen atoms in total. The van der Waals surface area contributed by atoms with E-state index in [1.54, 1.807) is 13.8 Å². The molecule has 1 atom stereocenters. The number of carboxylic acids is 1. The van der Waals surface area contributed by atoms with Gasteiger partial charge in [-0.05, 0) is 31.1 Å². The summed E-state index contributed by atoms with van der Waals surface area (Å²) in [5.74, 6) is -1.49. The second-order valence-corrected chi connectivity index (χ2v) is 7.52. The standard InChI is InChI=1S/C19H33NO6/c1-4-8-16(25-17(23)14(2)3)26-18(24)20-12-11-19(13-15(21)22)9-6-5-7-10-19/h14,16H,4-13H2,1-3H3,(H,20,24)(H,21,22). The highest BCUT2D eigenvalue weighted by Gasteiger charge is 2.34. The summed E-state index contributed by atoms with van der Waals surface area (Å²) < 4.78 is 10.4. The predicted molar refractivity (Wildman–Crippen MR) is 96.5 cm³/mol. The Balaban J connectivity index is 2.47. The van der Waals surface area contributed by atoms with Crippen LogP contribution in [0.1, 0.15) is 78.6 Å². The highest BCUT2D eigenvalue weighted by molar-refractivity contribution is 5.72. The van der Waals surface area contributed by atoms with Gasteiger partial charge in [-0.2, -0.15) is 0 Å². The van der Waals surface area contributed by atoms with Gasteiger partial charge in [0.2, 0.25) is 6.29 Å². The Bertz CT molecular complexity index is 471. The van der Waals surface area contributed by atoms with Gasteiger partial charge in [0.25, 0.3) is 0 Å². The maximum atomic E-state index is 12.0. The van der Waals surface area contributed by atoms with Gasteiger partial charge < -0.3 is 19.9 Å². The summed E-state index contributed by atoms with van der Waals surface area (Å²) >= 11 is 0. The van der Waals surface area contributed by atoms with Gasteiger partial charge in [-0.3, -0.25) is 9.59 Å². The van der Waals surface area contributed by atoms with Crippen LogP contribution in [-0.4, -0.2) is 36.0 Å². The van der Waals surface area contributed by atoms with Crippen molar-refractivity contribution in [2.45, 2.75) is 84.8 Å². The molecule has 0 heterocycles. The molecule has 0 aliphatic heterocycles. The Morgan fingerprint density at radius 1 is 1.12 bits per heavy atom. The molecular formula is C19H33NO6. The molecule has 1 rings (SSSR count). The van der Waals surface area contributed by atoms with E-state index in [1.165, 1.54) is 0 Å². The second kappa shape index (κ2) is 11.0. The third-order valence-electron chi connectivity index (χ3n) is 4.85. The van der Waals surface area contributed by atoms with Crippen LogP contribution in [0.2, 0.25) is 0 Å². The summed E-state index contributed by atoms with van der Waals surface area (Å²) in [4.78, 5) is 34.9. The van der Waals surface area contributed by atoms with Crippen molar-refractivity contribution < 1.29 is 29.0 Å². The number of hydrogen-bond donors (Lipinski definition) is 2. The van der Waals surface area contributed by atoms with E-state index in [0.717, 1.165) is 32.1 Å². The van der Waals surface area contributed by atoms with Crippen LogP contribution in [0, 0.1) is 11.3 Å². The fourth-order valence-electron chi connectivity index (χ4n) is 3.37. The zero-order chi connectivity index (χ0) is 19.6. The first-order valence-corrected chi connectivity index (χ1v) is 9.65. The lowest BCUT2D eigenvalue weighted by molar-refractivity contribution is -0.172. The minimum atomic E-state index is -0.891. The van der Waals surface area contributed by atoms with Gasteiger partial charge in [-0.15, -0.1) is 0 Å². The van der Waals surface area contributed by atoms with E-state index in [2.05, 4.69) is 5.32 Å². The molecule has 1 aliphatic carbocycles. The first kappa shape index (κ1) is 22.3. The maximum absolute atomic E-state index is 12.0. The number of carbonyl (C=O) groups excluding carboxylic acids is 2. The van der Waals surface area contributed by atoms with Gasteiger partial charge in [0.1, 0.15) is 0 Å². The molecule has 26 heavy (non-hydrogen) atoms. The summed E-state index contributed by atoms with van der Waals surface area (Å²) in [5.41, 5.74) is -0.246. The predicted octanol–water partition coefficient (Wildman–Crippen LogP) is 3.85. The molecule has 1 saturated carbocycles. The molecule has 1 fully saturated rings. The van der Waals surface area contributed by atoms with E-state index in [4.69, 9.17) is 9.47 Å². The minimum absolute atomic E-state index is 0.133. The Labute approximate surface area is 155 Å². The number of carbonyl (C=O) groups is 3. The SMILES string of the molecule is CCCC(OC(=O)NCCC1(CC(=O)O)CCCCC1)OC(=O)C(C)C. The van der Waals surface area contributed by atoms with Crippen molar-refractivity contribution in [1.29, 1.82) is 0 Å². The number of aliphatic carboxylic acids is 1. The normalized spacial score (nSPS) is 17.4. The highest BCUT2D eigenvalue weighted by Crippen LogP contribution is 2.42. The summed E-state index contributed by atoms with van der Waals surface area (Å²) in [5, 5.41) is 11.9. The topological polar surface area (TPSA) is 102 Å². The van der Waals surface area contributed by atoms with E-state index >= 15 is 0 Å². The average Bonchev–Trinajstić information content (AvgIpc) is 2.54. The van der Waals surface area contributed by atoms with Crippen LogP contribution in [0.4, 0.5) is 4.79 Å². The number of carboxylic acid groups (broad SMARTS) is 1. The zero-order valence-corrected chi connectivity index (χ0v) is 16.2. The first-order chi connectivity index (χ1) is 12.3. The van der Waals surface area contributed by atoms with Crippen molar-refractivity contribution in [3.8, 4) is 0 Å². The van der Waals surface area contributed by atoms with E-state index in [-0.39, 0.29) is 17.8 Å². The number of esters is 1. The molecule has 2 N–H and O–H groups in total. The molecule has 0 saturated heterocycles. The van der Waals surface area contributed by atoms with Crippen LogP contribution in [0.25, 0.3) is 0 Å². The quantitative estimate of drug-likeness (QED) is 0.447. The van der Waals surface area contributed by atoms with Crippen LogP contribution in [0.3, 0.4) is 0 Å². The highest BCUT2D eigenvalue weighted by atomic mass is 16.7. The molecule has 1 amide bonds. The molecule has 0 aromatic carbocycles. The number of ether oxygens (including phenoxy) is 2. The minimum Gasteiger partial charge on any atom is -0.481 e. The third-order valence-corrected chi connectivity index (χ3v) is 4.85. The zero-order valence-electron chi connectivity index (χ0n) is 16.2. The summed E-state index contributed by atoms with van der Waals surface area (Å²) in [7, 11) is 0. The summed E-state index contributed by atoms with van der Waals surface area (Å²) in [6.07, 6.45) is 5.31. The molecule has 1 unspecified atom stereocenters. The Morgan fingerprint density at radius 2 is 1.77 bits per heavy atom. The number of hydrogen-bond acceptors (Lipinski definition) is 5. The average molecular weight is 371 g/mol. The van der Waals surface area contributed by atoms with Gasteiger partial charge in [0, 0.05) is 13.0 Å². The fraction of sp³-hybridized carbons (Fsp3) is 0.842. The van der Waals surface area contributed by atoms with Gasteiger partial charge in [0.05, 0.1) is 12.3 Å². The molecule has 0 spiro atoms. The lowest BCUT2D eigenvalue weighted by atomic mass is 9.69. The summed E-state index contributed by atoms with van der Waals surface area (Å²) in [6, 6.07) is 0. The number of nitrogens with one attached hydrogen (secondary N) is 1. The van der Waals surface area contributed by atoms with Crippen molar-refractivity contribution >= 4 is 18.0 Å². The van der Waals surface area contributed by atoms with Crippen LogP contribution in [0.5, 0.6) is 0 Å². The van der Waals surface area contributed by atoms with Crippen LogP contribution < -0.4 is 5.32 Å². The van der Waals surface area contributed by atoms with Crippen LogP contribution in [-0.2, 0) is 19.1 Å². The molecule has 0 aromatic heterocycles. The lowest BCUT2D eigenvalue weighted by Crippen LogP contribution is -2.36. The number of rotatable bonds is 10. The van der Waals surface area contributed by atoms with E-state index in [0.29, 0.717) is 25.8 Å². The van der Waals surface area contributed by atoms with Gasteiger partial charge in [0.15, 0.2) is 0 Å². The Hall–Kier alpha value is -1.79. The first-order valence-electron chi connectivity index (χ1n) is 9.65. The monoisotopic (exact) mass is 371 g/mol. The molecule has 1 aliphatic rings. The maximum Gasteiger partial charge on any atom is 0.410 e. The number of alkyl carbamates (subject to hydrolysis) is 1. The molecular weight excluding hydrogens is 338 g/mol. The van der Waals surface area contributed by atoms with Crippen molar-refractivity contribution in [2.24, 2.45) is 11.3 Å². The Morgan fingerprint density at radius 3 is 2.31 bits per heavy atom. The largest absolute Gasteiger partial charge is 0.481 e. The third kappa shape index (κ3) is 8.06. The Kier molecular flexibility index (Phi) is 9.44. The van der Waals surface area contributed by atoms with E-state index in [9.17, 15) is 19.5 Å². The van der Waals surface area contributed by atoms with Crippen molar-refractivity contribution in [2.75, 3.05) is 6.54 Å². The number of amides is 1. The molecule has 0 radical (unpaired) electrons. The van der Waals surface area contributed by atoms with Crippen molar-refractivity contribution in [3.63, 3.8) is 0 Å². The summed E-state index contributed by atoms with van der Waals surface area (Å²) in [6.45, 7) is 5.70. The molecule has 150 valence electrons. The second-order valence-electron chi connectivity index (χ2n) is 7.52. The van der Waals surface area contributed by atoms with Crippen molar-refractivity contribution in [3.05, 3.63) is 0 Å². The molecule has 0 aromatic rings. The van der Waals surface area contributed by atoms with Gasteiger partial charge >= 0.3 is 18.0 Å². The van der Waals surface area contributed by atoms with E-state index < -0.39 is 24.3 Å². The van der Waals surface area contributed by atoms with Crippen LogP contribution in [0.15, 0.2) is 0 Å². The van der Waals surface area contributed by atoms with Gasteiger partial charge in [-0.25, -0.2) is 4.79 Å². The fourth-order valence-corrected chi connectivity index (χ4v) is 3.37.